The molecule has 0 radical (unpaired) electrons. The average Bonchev–Trinajstić information content (AvgIpc) is 2.73. The van der Waals surface area contributed by atoms with E-state index in [2.05, 4.69) is 10.4 Å². The molecule has 8 nitrogen and oxygen atoms in total. The van der Waals surface area contributed by atoms with Crippen molar-refractivity contribution in [2.75, 3.05) is 27.2 Å². The summed E-state index contributed by atoms with van der Waals surface area (Å²) in [5, 5.41) is 6.54. The molecule has 31 heavy (non-hydrogen) atoms. The summed E-state index contributed by atoms with van der Waals surface area (Å²) in [6.07, 6.45) is 0. The Labute approximate surface area is 178 Å². The summed E-state index contributed by atoms with van der Waals surface area (Å²) in [6, 6.07) is 12.8. The van der Waals surface area contributed by atoms with E-state index in [1.54, 1.807) is 18.2 Å². The first kappa shape index (κ1) is 22.1. The lowest BCUT2D eigenvalue weighted by atomic mass is 10.1. The van der Waals surface area contributed by atoms with Gasteiger partial charge in [0.1, 0.15) is 11.5 Å². The fraction of sp³-hybridized carbons (Fsp3) is 0.273. The van der Waals surface area contributed by atoms with E-state index in [9.17, 15) is 18.8 Å². The molecule has 1 amide bonds. The highest BCUT2D eigenvalue weighted by molar-refractivity contribution is 5.91. The summed E-state index contributed by atoms with van der Waals surface area (Å²) in [7, 11) is 3.69. The minimum Gasteiger partial charge on any atom is -0.349 e. The van der Waals surface area contributed by atoms with Crippen molar-refractivity contribution in [2.45, 2.75) is 13.5 Å². The second-order valence-corrected chi connectivity index (χ2v) is 7.43. The highest BCUT2D eigenvalue weighted by Crippen LogP contribution is 2.09. The quantitative estimate of drug-likeness (QED) is 0.614. The number of hydrogen-bond acceptors (Lipinski definition) is 5. The molecule has 0 aliphatic heterocycles. The van der Waals surface area contributed by atoms with Gasteiger partial charge in [-0.2, -0.15) is 9.78 Å². The van der Waals surface area contributed by atoms with Gasteiger partial charge in [-0.3, -0.25) is 14.2 Å². The summed E-state index contributed by atoms with van der Waals surface area (Å²) in [4.78, 5) is 40.6. The van der Waals surface area contributed by atoms with Gasteiger partial charge in [0.25, 0.3) is 11.5 Å². The molecular weight excluding hydrogens is 401 g/mol. The lowest BCUT2D eigenvalue weighted by Gasteiger charge is -2.14. The Morgan fingerprint density at radius 1 is 1.10 bits per heavy atom. The minimum atomic E-state index is -0.833. The van der Waals surface area contributed by atoms with E-state index in [-0.39, 0.29) is 18.8 Å². The van der Waals surface area contributed by atoms with Gasteiger partial charge in [-0.25, -0.2) is 9.18 Å². The zero-order chi connectivity index (χ0) is 22.5. The number of aromatic nitrogens is 3. The van der Waals surface area contributed by atoms with Crippen LogP contribution < -0.4 is 16.6 Å². The number of para-hydroxylation sites is 1. The number of benzene rings is 2. The highest BCUT2D eigenvalue weighted by atomic mass is 19.1. The molecule has 0 aliphatic carbocycles. The van der Waals surface area contributed by atoms with Crippen molar-refractivity contribution in [3.8, 4) is 5.69 Å². The number of aryl methyl sites for hydroxylation is 1. The van der Waals surface area contributed by atoms with Crippen LogP contribution in [0.25, 0.3) is 5.69 Å². The molecule has 0 fully saturated rings. The van der Waals surface area contributed by atoms with Crippen LogP contribution in [0.5, 0.6) is 0 Å². The van der Waals surface area contributed by atoms with Gasteiger partial charge in [-0.15, -0.1) is 0 Å². The zero-order valence-corrected chi connectivity index (χ0v) is 17.6. The standard InChI is InChI=1S/C22H24FN5O3/c1-15-8-10-16(11-9-15)14-27-21(30)19(20(29)24-12-13-26(2)3)25-28(22(27)31)18-7-5-4-6-17(18)23/h4-11H,12-14H2,1-3H3,(H,24,29). The summed E-state index contributed by atoms with van der Waals surface area (Å²) in [5.74, 6) is -1.42. The van der Waals surface area contributed by atoms with Crippen LogP contribution in [-0.2, 0) is 6.54 Å². The monoisotopic (exact) mass is 425 g/mol. The van der Waals surface area contributed by atoms with Crippen molar-refractivity contribution in [1.29, 1.82) is 0 Å². The third-order valence-corrected chi connectivity index (χ3v) is 4.66. The van der Waals surface area contributed by atoms with E-state index in [0.717, 1.165) is 14.8 Å². The fourth-order valence-electron chi connectivity index (χ4n) is 2.93. The van der Waals surface area contributed by atoms with E-state index in [0.29, 0.717) is 12.1 Å². The predicted molar refractivity (Wildman–Crippen MR) is 115 cm³/mol. The molecular formula is C22H24FN5O3. The molecule has 0 unspecified atom stereocenters. The molecule has 3 rings (SSSR count). The molecule has 0 spiro atoms. The Balaban J connectivity index is 2.12. The van der Waals surface area contributed by atoms with Gasteiger partial charge in [0.2, 0.25) is 5.69 Å². The maximum absolute atomic E-state index is 14.4. The third kappa shape index (κ3) is 5.13. The molecule has 2 aromatic carbocycles. The first-order valence-corrected chi connectivity index (χ1v) is 9.75. The highest BCUT2D eigenvalue weighted by Gasteiger charge is 2.21. The first-order chi connectivity index (χ1) is 14.8. The SMILES string of the molecule is Cc1ccc(Cn2c(=O)c(C(=O)NCCN(C)C)nn(-c3ccccc3F)c2=O)cc1. The molecule has 3 aromatic rings. The normalized spacial score (nSPS) is 11.0. The molecule has 0 bridgehead atoms. The van der Waals surface area contributed by atoms with Crippen molar-refractivity contribution >= 4 is 5.91 Å². The maximum Gasteiger partial charge on any atom is 0.352 e. The summed E-state index contributed by atoms with van der Waals surface area (Å²) in [5.41, 5.74) is -0.576. The number of nitrogens with zero attached hydrogens (tertiary/aromatic N) is 4. The number of amides is 1. The van der Waals surface area contributed by atoms with Gasteiger partial charge in [0.15, 0.2) is 0 Å². The fourth-order valence-corrected chi connectivity index (χ4v) is 2.93. The summed E-state index contributed by atoms with van der Waals surface area (Å²) >= 11 is 0. The number of likely N-dealkylation sites (N-methyl/N-ethyl adjacent to an activating group) is 1. The van der Waals surface area contributed by atoms with Crippen molar-refractivity contribution in [1.82, 2.24) is 24.6 Å². The van der Waals surface area contributed by atoms with E-state index in [1.807, 2.05) is 38.1 Å². The van der Waals surface area contributed by atoms with Gasteiger partial charge in [-0.1, -0.05) is 42.0 Å². The average molecular weight is 425 g/mol. The van der Waals surface area contributed by atoms with E-state index < -0.39 is 28.7 Å². The van der Waals surface area contributed by atoms with E-state index >= 15 is 0 Å². The van der Waals surface area contributed by atoms with Crippen LogP contribution in [0.3, 0.4) is 0 Å². The van der Waals surface area contributed by atoms with Gasteiger partial charge in [0, 0.05) is 13.1 Å². The van der Waals surface area contributed by atoms with Crippen molar-refractivity contribution in [2.24, 2.45) is 0 Å². The van der Waals surface area contributed by atoms with Gasteiger partial charge >= 0.3 is 5.69 Å². The number of carbonyl (C=O) groups excluding carboxylic acids is 1. The molecule has 0 atom stereocenters. The van der Waals surface area contributed by atoms with Crippen LogP contribution in [0.1, 0.15) is 21.6 Å². The Bertz CT molecular complexity index is 1200. The Hall–Kier alpha value is -3.59. The Kier molecular flexibility index (Phi) is 6.76. The van der Waals surface area contributed by atoms with Crippen LogP contribution in [-0.4, -0.2) is 52.3 Å². The second-order valence-electron chi connectivity index (χ2n) is 7.43. The minimum absolute atomic E-state index is 0.0765. The molecule has 0 saturated heterocycles. The summed E-state index contributed by atoms with van der Waals surface area (Å²) < 4.78 is 16.0. The second kappa shape index (κ2) is 9.48. The number of nitrogens with one attached hydrogen (secondary N) is 1. The molecule has 1 N–H and O–H groups in total. The molecule has 9 heteroatoms. The number of rotatable bonds is 7. The summed E-state index contributed by atoms with van der Waals surface area (Å²) in [6.45, 7) is 2.68. The van der Waals surface area contributed by atoms with Crippen LogP contribution in [0.15, 0.2) is 58.1 Å². The Morgan fingerprint density at radius 3 is 2.42 bits per heavy atom. The zero-order valence-electron chi connectivity index (χ0n) is 17.6. The molecule has 1 heterocycles. The molecule has 0 saturated carbocycles. The van der Waals surface area contributed by atoms with Crippen LogP contribution in [0, 0.1) is 12.7 Å². The van der Waals surface area contributed by atoms with Crippen LogP contribution >= 0.6 is 0 Å². The smallest absolute Gasteiger partial charge is 0.349 e. The lowest BCUT2D eigenvalue weighted by Crippen LogP contribution is -2.46. The number of halogens is 1. The molecule has 0 aliphatic rings. The number of carbonyl (C=O) groups is 1. The topological polar surface area (TPSA) is 89.2 Å². The molecule has 162 valence electrons. The largest absolute Gasteiger partial charge is 0.352 e. The van der Waals surface area contributed by atoms with Crippen LogP contribution in [0.2, 0.25) is 0 Å². The van der Waals surface area contributed by atoms with Crippen molar-refractivity contribution in [3.05, 3.63) is 92.0 Å². The maximum atomic E-state index is 14.4. The van der Waals surface area contributed by atoms with Crippen LogP contribution in [0.4, 0.5) is 4.39 Å². The Morgan fingerprint density at radius 2 is 1.77 bits per heavy atom. The van der Waals surface area contributed by atoms with Crippen molar-refractivity contribution < 1.29 is 9.18 Å². The predicted octanol–water partition coefficient (Wildman–Crippen LogP) is 1.18. The van der Waals surface area contributed by atoms with Gasteiger partial charge < -0.3 is 10.2 Å². The number of hydrogen-bond donors (Lipinski definition) is 1. The van der Waals surface area contributed by atoms with Crippen molar-refractivity contribution in [3.63, 3.8) is 0 Å². The first-order valence-electron chi connectivity index (χ1n) is 9.75. The lowest BCUT2D eigenvalue weighted by molar-refractivity contribution is 0.0941. The third-order valence-electron chi connectivity index (χ3n) is 4.66. The van der Waals surface area contributed by atoms with Gasteiger partial charge in [-0.05, 0) is 38.7 Å². The van der Waals surface area contributed by atoms with E-state index in [1.165, 1.54) is 18.2 Å². The van der Waals surface area contributed by atoms with Gasteiger partial charge in [0.05, 0.1) is 6.54 Å². The van der Waals surface area contributed by atoms with E-state index in [4.69, 9.17) is 0 Å². The molecule has 1 aromatic heterocycles.